The fourth-order valence-electron chi connectivity index (χ4n) is 1.71. The van der Waals surface area contributed by atoms with E-state index in [2.05, 4.69) is 15.2 Å². The number of para-hydroxylation sites is 1. The van der Waals surface area contributed by atoms with E-state index in [0.29, 0.717) is 5.69 Å². The summed E-state index contributed by atoms with van der Waals surface area (Å²) in [6.07, 6.45) is -0.175. The zero-order chi connectivity index (χ0) is 14.5. The highest BCUT2D eigenvalue weighted by molar-refractivity contribution is 6.41. The Morgan fingerprint density at radius 1 is 1.30 bits per heavy atom. The molecule has 0 aliphatic carbocycles. The number of hydrogen-bond donors (Lipinski definition) is 1. The van der Waals surface area contributed by atoms with Crippen molar-refractivity contribution in [2.75, 3.05) is 6.54 Å². The molecule has 0 spiro atoms. The van der Waals surface area contributed by atoms with Gasteiger partial charge in [0.05, 0.1) is 12.1 Å². The second kappa shape index (κ2) is 5.96. The fourth-order valence-corrected chi connectivity index (χ4v) is 1.71. The third kappa shape index (κ3) is 3.41. The Bertz CT molecular complexity index is 634. The van der Waals surface area contributed by atoms with Crippen LogP contribution in [-0.2, 0) is 20.8 Å². The number of fused-ring (bicyclic) bond motifs is 1. The molecule has 2 N–H and O–H groups in total. The molecule has 102 valence electrons. The van der Waals surface area contributed by atoms with Crippen LogP contribution in [0.25, 0.3) is 0 Å². The van der Waals surface area contributed by atoms with Gasteiger partial charge in [0, 0.05) is 6.42 Å². The molecule has 0 atom stereocenters. The van der Waals surface area contributed by atoms with Crippen LogP contribution in [0.5, 0.6) is 0 Å². The number of Topliss-reactive ketones (excluding diaryl/α,β-unsaturated/α-hetero) is 2. The average Bonchev–Trinajstić information content (AvgIpc) is 2.38. The molecule has 1 aromatic rings. The maximum Gasteiger partial charge on any atom is 0.224 e. The van der Waals surface area contributed by atoms with Crippen LogP contribution in [0.3, 0.4) is 0 Å². The first-order valence-corrected chi connectivity index (χ1v) is 5.93. The smallest absolute Gasteiger partial charge is 0.224 e. The highest BCUT2D eigenvalue weighted by Gasteiger charge is 2.19. The normalized spacial score (nSPS) is 14.0. The van der Waals surface area contributed by atoms with Gasteiger partial charge in [-0.3, -0.25) is 14.4 Å². The molecule has 1 aromatic carbocycles. The molecule has 20 heavy (non-hydrogen) atoms. The number of hydrogen-bond acceptors (Lipinski definition) is 6. The van der Waals surface area contributed by atoms with Crippen LogP contribution in [0.2, 0.25) is 0 Å². The van der Waals surface area contributed by atoms with Gasteiger partial charge in [-0.25, -0.2) is 4.99 Å². The minimum absolute atomic E-state index is 0.0319. The number of amidine groups is 1. The van der Waals surface area contributed by atoms with E-state index in [9.17, 15) is 14.4 Å². The average molecular weight is 272 g/mol. The molecule has 0 fully saturated rings. The summed E-state index contributed by atoms with van der Waals surface area (Å²) >= 11 is 0. The molecule has 1 aliphatic rings. The zero-order valence-electron chi connectivity index (χ0n) is 10.6. The Morgan fingerprint density at radius 3 is 2.80 bits per heavy atom. The molecule has 0 unspecified atom stereocenters. The van der Waals surface area contributed by atoms with Crippen molar-refractivity contribution in [2.45, 2.75) is 12.8 Å². The quantitative estimate of drug-likeness (QED) is 0.643. The molecule has 2 rings (SSSR count). The van der Waals surface area contributed by atoms with Gasteiger partial charge in [0.2, 0.25) is 17.5 Å². The number of nitrogens with zero attached hydrogens (tertiary/aromatic N) is 3. The van der Waals surface area contributed by atoms with E-state index in [4.69, 9.17) is 5.73 Å². The van der Waals surface area contributed by atoms with Crippen molar-refractivity contribution in [3.05, 3.63) is 29.8 Å². The van der Waals surface area contributed by atoms with Crippen LogP contribution >= 0.6 is 0 Å². The Hall–Kier alpha value is -2.70. The number of rotatable bonds is 4. The van der Waals surface area contributed by atoms with Gasteiger partial charge in [-0.15, -0.1) is 5.11 Å². The molecule has 1 amide bonds. The van der Waals surface area contributed by atoms with Crippen LogP contribution < -0.4 is 5.73 Å². The maximum atomic E-state index is 11.8. The van der Waals surface area contributed by atoms with Crippen molar-refractivity contribution in [3.63, 3.8) is 0 Å². The number of ketones is 2. The molecule has 0 saturated carbocycles. The zero-order valence-corrected chi connectivity index (χ0v) is 10.6. The molecule has 1 heterocycles. The van der Waals surface area contributed by atoms with Crippen molar-refractivity contribution in [3.8, 4) is 0 Å². The molecular weight excluding hydrogens is 260 g/mol. The molecule has 0 saturated heterocycles. The first-order valence-electron chi connectivity index (χ1n) is 5.93. The fraction of sp³-hybridized carbons (Fsp3) is 0.231. The molecular formula is C13H12N4O3. The summed E-state index contributed by atoms with van der Waals surface area (Å²) in [6.45, 7) is -0.295. The Balaban J connectivity index is 2.06. The lowest BCUT2D eigenvalue weighted by atomic mass is 10.0. The number of amides is 1. The monoisotopic (exact) mass is 272 g/mol. The van der Waals surface area contributed by atoms with E-state index >= 15 is 0 Å². The molecule has 0 bridgehead atoms. The summed E-state index contributed by atoms with van der Waals surface area (Å²) in [7, 11) is 0. The predicted molar refractivity (Wildman–Crippen MR) is 70.8 cm³/mol. The standard InChI is InChI=1S/C13H12N4O3/c14-12(20)6-9(18)7-15-17-13-11(19)5-8-3-1-2-4-10(8)16-13/h1-4H,5-7H2,(H2,14,20). The van der Waals surface area contributed by atoms with Crippen LogP contribution in [0.15, 0.2) is 39.5 Å². The van der Waals surface area contributed by atoms with E-state index in [1.165, 1.54) is 0 Å². The van der Waals surface area contributed by atoms with Crippen LogP contribution in [-0.4, -0.2) is 29.9 Å². The second-order valence-corrected chi connectivity index (χ2v) is 4.25. The summed E-state index contributed by atoms with van der Waals surface area (Å²) in [5, 5.41) is 7.25. The number of aliphatic imine (C=N–C) groups is 1. The van der Waals surface area contributed by atoms with Crippen molar-refractivity contribution in [1.29, 1.82) is 0 Å². The lowest BCUT2D eigenvalue weighted by Gasteiger charge is -2.10. The first-order chi connectivity index (χ1) is 9.56. The Kier molecular flexibility index (Phi) is 4.09. The molecule has 1 aliphatic heterocycles. The van der Waals surface area contributed by atoms with Gasteiger partial charge in [0.15, 0.2) is 5.78 Å². The lowest BCUT2D eigenvalue weighted by Crippen LogP contribution is -2.19. The molecule has 0 radical (unpaired) electrons. The number of primary amides is 1. The van der Waals surface area contributed by atoms with E-state index in [1.807, 2.05) is 18.2 Å². The van der Waals surface area contributed by atoms with Crippen LogP contribution in [0, 0.1) is 0 Å². The van der Waals surface area contributed by atoms with Gasteiger partial charge in [0.1, 0.15) is 6.54 Å². The lowest BCUT2D eigenvalue weighted by molar-refractivity contribution is -0.125. The number of nitrogens with two attached hydrogens (primary N) is 1. The van der Waals surface area contributed by atoms with Crippen molar-refractivity contribution < 1.29 is 14.4 Å². The van der Waals surface area contributed by atoms with Gasteiger partial charge in [-0.2, -0.15) is 5.11 Å². The minimum atomic E-state index is -0.717. The first kappa shape index (κ1) is 13.7. The topological polar surface area (TPSA) is 114 Å². The van der Waals surface area contributed by atoms with Crippen LogP contribution in [0.4, 0.5) is 5.69 Å². The third-order valence-electron chi connectivity index (χ3n) is 2.60. The summed E-state index contributed by atoms with van der Waals surface area (Å²) in [6, 6.07) is 7.23. The van der Waals surface area contributed by atoms with Crippen LogP contribution in [0.1, 0.15) is 12.0 Å². The van der Waals surface area contributed by atoms with Crippen molar-refractivity contribution >= 4 is 29.0 Å². The highest BCUT2D eigenvalue weighted by Crippen LogP contribution is 2.24. The SMILES string of the molecule is NC(=O)CC(=O)CN=NC1=Nc2ccccc2CC1=O. The summed E-state index contributed by atoms with van der Waals surface area (Å²) < 4.78 is 0. The van der Waals surface area contributed by atoms with Gasteiger partial charge in [0.25, 0.3) is 0 Å². The van der Waals surface area contributed by atoms with Gasteiger partial charge in [-0.1, -0.05) is 18.2 Å². The number of benzene rings is 1. The largest absolute Gasteiger partial charge is 0.369 e. The summed E-state index contributed by atoms with van der Waals surface area (Å²) in [5.41, 5.74) is 6.38. The van der Waals surface area contributed by atoms with E-state index in [1.54, 1.807) is 6.07 Å². The van der Waals surface area contributed by atoms with Gasteiger partial charge in [-0.05, 0) is 11.6 Å². The van der Waals surface area contributed by atoms with Crippen molar-refractivity contribution in [1.82, 2.24) is 0 Å². The van der Waals surface area contributed by atoms with E-state index < -0.39 is 11.7 Å². The Labute approximate surface area is 114 Å². The minimum Gasteiger partial charge on any atom is -0.369 e. The van der Waals surface area contributed by atoms with Crippen molar-refractivity contribution in [2.24, 2.45) is 21.0 Å². The number of carbonyl (C=O) groups is 3. The predicted octanol–water partition coefficient (Wildman–Crippen LogP) is 0.738. The maximum absolute atomic E-state index is 11.8. The van der Waals surface area contributed by atoms with E-state index in [0.717, 1.165) is 5.56 Å². The van der Waals surface area contributed by atoms with Gasteiger partial charge >= 0.3 is 0 Å². The number of carbonyl (C=O) groups excluding carboxylic acids is 3. The molecule has 7 heteroatoms. The molecule has 7 nitrogen and oxygen atoms in total. The van der Waals surface area contributed by atoms with Gasteiger partial charge < -0.3 is 5.73 Å². The van der Waals surface area contributed by atoms with E-state index in [-0.39, 0.29) is 31.0 Å². The third-order valence-corrected chi connectivity index (χ3v) is 2.60. The second-order valence-electron chi connectivity index (χ2n) is 4.25. The molecule has 0 aromatic heterocycles. The number of azo groups is 1. The summed E-state index contributed by atoms with van der Waals surface area (Å²) in [5.74, 6) is -1.46. The highest BCUT2D eigenvalue weighted by atomic mass is 16.2. The summed E-state index contributed by atoms with van der Waals surface area (Å²) in [4.78, 5) is 37.6. The Morgan fingerprint density at radius 2 is 2.05 bits per heavy atom.